The van der Waals surface area contributed by atoms with Gasteiger partial charge in [0.1, 0.15) is 6.04 Å². The number of hydrogen-bond donors (Lipinski definition) is 2. The number of aliphatic carboxylic acids is 1. The van der Waals surface area contributed by atoms with Crippen LogP contribution in [0.2, 0.25) is 5.02 Å². The fourth-order valence-electron chi connectivity index (χ4n) is 2.61. The van der Waals surface area contributed by atoms with E-state index in [0.29, 0.717) is 5.02 Å². The van der Waals surface area contributed by atoms with E-state index < -0.39 is 12.0 Å². The fraction of sp³-hybridized carbons (Fsp3) is 0.500. The molecular formula is C14H19ClN2O2. The Balaban J connectivity index is 2.07. The second kappa shape index (κ2) is 6.37. The van der Waals surface area contributed by atoms with Gasteiger partial charge in [-0.1, -0.05) is 30.2 Å². The van der Waals surface area contributed by atoms with Gasteiger partial charge >= 0.3 is 5.97 Å². The molecule has 0 bridgehead atoms. The molecule has 104 valence electrons. The Morgan fingerprint density at radius 3 is 2.74 bits per heavy atom. The highest BCUT2D eigenvalue weighted by atomic mass is 35.5. The van der Waals surface area contributed by atoms with Crippen LogP contribution in [0.25, 0.3) is 0 Å². The van der Waals surface area contributed by atoms with Crippen LogP contribution >= 0.6 is 11.6 Å². The SMILES string of the molecule is NC(C(=O)O)C1CCCCN1Cc1ccc(Cl)cc1. The molecule has 2 rings (SSSR count). The normalized spacial score (nSPS) is 22.1. The third kappa shape index (κ3) is 3.69. The summed E-state index contributed by atoms with van der Waals surface area (Å²) >= 11 is 5.86. The van der Waals surface area contributed by atoms with Crippen molar-refractivity contribution < 1.29 is 9.90 Å². The molecule has 0 aliphatic carbocycles. The average molecular weight is 283 g/mol. The van der Waals surface area contributed by atoms with Gasteiger partial charge in [-0.25, -0.2) is 0 Å². The number of carbonyl (C=O) groups is 1. The maximum absolute atomic E-state index is 11.1. The minimum absolute atomic E-state index is 0.0815. The van der Waals surface area contributed by atoms with Gasteiger partial charge in [-0.3, -0.25) is 9.69 Å². The van der Waals surface area contributed by atoms with E-state index in [1.54, 1.807) is 0 Å². The van der Waals surface area contributed by atoms with Crippen molar-refractivity contribution in [3.05, 3.63) is 34.9 Å². The van der Waals surface area contributed by atoms with Crippen LogP contribution in [0.1, 0.15) is 24.8 Å². The number of nitrogens with two attached hydrogens (primary N) is 1. The lowest BCUT2D eigenvalue weighted by molar-refractivity contribution is -0.140. The standard InChI is InChI=1S/C14H19ClN2O2/c15-11-6-4-10(5-7-11)9-17-8-2-1-3-12(17)13(16)14(18)19/h4-7,12-13H,1-3,8-9,16H2,(H,18,19). The lowest BCUT2D eigenvalue weighted by Gasteiger charge is -2.37. The number of nitrogens with zero attached hydrogens (tertiary/aromatic N) is 1. The van der Waals surface area contributed by atoms with Gasteiger partial charge in [-0.15, -0.1) is 0 Å². The molecule has 1 saturated heterocycles. The Morgan fingerprint density at radius 1 is 1.42 bits per heavy atom. The van der Waals surface area contributed by atoms with Crippen molar-refractivity contribution in [1.29, 1.82) is 0 Å². The molecule has 1 heterocycles. The Labute approximate surface area is 118 Å². The minimum Gasteiger partial charge on any atom is -0.480 e. The van der Waals surface area contributed by atoms with E-state index >= 15 is 0 Å². The molecule has 1 aliphatic heterocycles. The van der Waals surface area contributed by atoms with Gasteiger partial charge in [0, 0.05) is 17.6 Å². The van der Waals surface area contributed by atoms with Gasteiger partial charge < -0.3 is 10.8 Å². The smallest absolute Gasteiger partial charge is 0.322 e. The van der Waals surface area contributed by atoms with E-state index in [1.807, 2.05) is 24.3 Å². The van der Waals surface area contributed by atoms with Crippen LogP contribution < -0.4 is 5.73 Å². The zero-order valence-corrected chi connectivity index (χ0v) is 11.5. The van der Waals surface area contributed by atoms with Crippen molar-refractivity contribution in [2.75, 3.05) is 6.54 Å². The highest BCUT2D eigenvalue weighted by Crippen LogP contribution is 2.22. The highest BCUT2D eigenvalue weighted by Gasteiger charge is 2.31. The molecule has 1 aromatic carbocycles. The molecule has 1 fully saturated rings. The average Bonchev–Trinajstić information content (AvgIpc) is 2.41. The first-order valence-electron chi connectivity index (χ1n) is 6.55. The summed E-state index contributed by atoms with van der Waals surface area (Å²) in [5, 5.41) is 9.79. The maximum atomic E-state index is 11.1. The van der Waals surface area contributed by atoms with Crippen LogP contribution in [0.4, 0.5) is 0 Å². The monoisotopic (exact) mass is 282 g/mol. The summed E-state index contributed by atoms with van der Waals surface area (Å²) < 4.78 is 0. The number of piperidine rings is 1. The Morgan fingerprint density at radius 2 is 2.11 bits per heavy atom. The summed E-state index contributed by atoms with van der Waals surface area (Å²) in [6, 6.07) is 6.76. The van der Waals surface area contributed by atoms with Gasteiger partial charge in [0.15, 0.2) is 0 Å². The molecule has 0 radical (unpaired) electrons. The van der Waals surface area contributed by atoms with E-state index in [-0.39, 0.29) is 6.04 Å². The Kier molecular flexibility index (Phi) is 4.80. The molecule has 0 saturated carbocycles. The van der Waals surface area contributed by atoms with Crippen LogP contribution in [-0.4, -0.2) is 34.6 Å². The van der Waals surface area contributed by atoms with Gasteiger partial charge in [-0.2, -0.15) is 0 Å². The molecule has 3 N–H and O–H groups in total. The summed E-state index contributed by atoms with van der Waals surface area (Å²) in [6.45, 7) is 1.62. The third-order valence-corrected chi connectivity index (χ3v) is 3.91. The number of halogens is 1. The lowest BCUT2D eigenvalue weighted by Crippen LogP contribution is -2.53. The first kappa shape index (κ1) is 14.3. The molecule has 1 aliphatic rings. The van der Waals surface area contributed by atoms with Crippen LogP contribution in [-0.2, 0) is 11.3 Å². The van der Waals surface area contributed by atoms with Crippen molar-refractivity contribution in [2.45, 2.75) is 37.9 Å². The molecule has 0 spiro atoms. The number of hydrogen-bond acceptors (Lipinski definition) is 3. The molecule has 1 aromatic rings. The molecule has 5 heteroatoms. The van der Waals surface area contributed by atoms with Crippen LogP contribution in [0.5, 0.6) is 0 Å². The maximum Gasteiger partial charge on any atom is 0.322 e. The van der Waals surface area contributed by atoms with Crippen LogP contribution in [0, 0.1) is 0 Å². The van der Waals surface area contributed by atoms with Crippen molar-refractivity contribution in [3.8, 4) is 0 Å². The molecule has 0 amide bonds. The van der Waals surface area contributed by atoms with E-state index in [9.17, 15) is 4.79 Å². The lowest BCUT2D eigenvalue weighted by atomic mass is 9.95. The summed E-state index contributed by atoms with van der Waals surface area (Å²) in [6.07, 6.45) is 2.99. The topological polar surface area (TPSA) is 66.6 Å². The molecular weight excluding hydrogens is 264 g/mol. The second-order valence-corrected chi connectivity index (χ2v) is 5.46. The predicted molar refractivity (Wildman–Crippen MR) is 75.1 cm³/mol. The molecule has 2 unspecified atom stereocenters. The minimum atomic E-state index is -0.923. The summed E-state index contributed by atoms with van der Waals surface area (Å²) in [5.74, 6) is -0.923. The van der Waals surface area contributed by atoms with E-state index in [2.05, 4.69) is 4.90 Å². The van der Waals surface area contributed by atoms with Gasteiger partial charge in [-0.05, 0) is 37.1 Å². The van der Waals surface area contributed by atoms with Crippen molar-refractivity contribution in [1.82, 2.24) is 4.90 Å². The van der Waals surface area contributed by atoms with Crippen molar-refractivity contribution >= 4 is 17.6 Å². The Bertz CT molecular complexity index is 436. The number of benzene rings is 1. The van der Waals surface area contributed by atoms with Crippen molar-refractivity contribution in [2.24, 2.45) is 5.73 Å². The summed E-state index contributed by atoms with van der Waals surface area (Å²) in [5.41, 5.74) is 6.93. The second-order valence-electron chi connectivity index (χ2n) is 5.02. The number of carboxylic acid groups (broad SMARTS) is 1. The highest BCUT2D eigenvalue weighted by molar-refractivity contribution is 6.30. The van der Waals surface area contributed by atoms with E-state index in [4.69, 9.17) is 22.4 Å². The van der Waals surface area contributed by atoms with Crippen LogP contribution in [0.3, 0.4) is 0 Å². The first-order valence-corrected chi connectivity index (χ1v) is 6.92. The largest absolute Gasteiger partial charge is 0.480 e. The predicted octanol–water partition coefficient (Wildman–Crippen LogP) is 2.11. The molecule has 0 aromatic heterocycles. The Hall–Kier alpha value is -1.10. The van der Waals surface area contributed by atoms with Gasteiger partial charge in [0.25, 0.3) is 0 Å². The van der Waals surface area contributed by atoms with E-state index in [0.717, 1.165) is 37.9 Å². The fourth-order valence-corrected chi connectivity index (χ4v) is 2.73. The van der Waals surface area contributed by atoms with Gasteiger partial charge in [0.2, 0.25) is 0 Å². The number of rotatable bonds is 4. The summed E-state index contributed by atoms with van der Waals surface area (Å²) in [4.78, 5) is 13.2. The van der Waals surface area contributed by atoms with Crippen LogP contribution in [0.15, 0.2) is 24.3 Å². The molecule has 4 nitrogen and oxygen atoms in total. The molecule has 19 heavy (non-hydrogen) atoms. The zero-order chi connectivity index (χ0) is 13.8. The van der Waals surface area contributed by atoms with Gasteiger partial charge in [0.05, 0.1) is 0 Å². The first-order chi connectivity index (χ1) is 9.08. The number of likely N-dealkylation sites (tertiary alicyclic amines) is 1. The third-order valence-electron chi connectivity index (χ3n) is 3.66. The molecule has 2 atom stereocenters. The zero-order valence-electron chi connectivity index (χ0n) is 10.8. The number of carboxylic acids is 1. The quantitative estimate of drug-likeness (QED) is 0.888. The van der Waals surface area contributed by atoms with Crippen molar-refractivity contribution in [3.63, 3.8) is 0 Å². The summed E-state index contributed by atoms with van der Waals surface area (Å²) in [7, 11) is 0. The van der Waals surface area contributed by atoms with E-state index in [1.165, 1.54) is 0 Å².